The molecule has 0 fully saturated rings. The minimum atomic E-state index is -0.492. The Hall–Kier alpha value is -8.05. The van der Waals surface area contributed by atoms with Crippen molar-refractivity contribution in [3.8, 4) is 22.3 Å². The van der Waals surface area contributed by atoms with Crippen molar-refractivity contribution < 1.29 is 4.42 Å². The maximum Gasteiger partial charge on any atom is 0.137 e. The second kappa shape index (κ2) is 14.7. The van der Waals surface area contributed by atoms with Gasteiger partial charge in [0.2, 0.25) is 0 Å². The molecule has 14 rings (SSSR count). The second-order valence-electron chi connectivity index (χ2n) is 18.8. The van der Waals surface area contributed by atoms with Gasteiger partial charge in [-0.1, -0.05) is 171 Å². The third-order valence-corrected chi connectivity index (χ3v) is 16.0. The molecule has 0 bridgehead atoms. The van der Waals surface area contributed by atoms with E-state index < -0.39 is 5.41 Å². The highest BCUT2D eigenvalue weighted by Crippen LogP contribution is 2.63. The highest BCUT2D eigenvalue weighted by atomic mass is 32.2. The van der Waals surface area contributed by atoms with E-state index in [9.17, 15) is 0 Å². The van der Waals surface area contributed by atoms with Crippen LogP contribution >= 0.6 is 11.8 Å². The van der Waals surface area contributed by atoms with Gasteiger partial charge in [-0.3, -0.25) is 0 Å². The lowest BCUT2D eigenvalue weighted by Crippen LogP contribution is -2.32. The molecule has 0 atom stereocenters. The summed E-state index contributed by atoms with van der Waals surface area (Å²) in [5.41, 5.74) is 20.7. The van der Waals surface area contributed by atoms with E-state index in [0.717, 1.165) is 56.1 Å². The molecule has 1 aromatic heterocycles. The zero-order valence-electron chi connectivity index (χ0n) is 37.7. The van der Waals surface area contributed by atoms with E-state index in [1.165, 1.54) is 65.4 Å². The van der Waals surface area contributed by atoms with Gasteiger partial charge < -0.3 is 14.2 Å². The van der Waals surface area contributed by atoms with Crippen molar-refractivity contribution in [2.45, 2.75) is 34.5 Å². The lowest BCUT2D eigenvalue weighted by atomic mass is 9.67. The predicted molar refractivity (Wildman–Crippen MR) is 282 cm³/mol. The topological polar surface area (TPSA) is 19.6 Å². The Morgan fingerprint density at radius 3 is 1.60 bits per heavy atom. The lowest BCUT2D eigenvalue weighted by molar-refractivity contribution is 0.660. The highest BCUT2D eigenvalue weighted by molar-refractivity contribution is 7.99. The third-order valence-electron chi connectivity index (χ3n) is 14.9. The summed E-state index contributed by atoms with van der Waals surface area (Å²) in [5.74, 6) is 0. The number of hydrogen-bond donors (Lipinski definition) is 0. The van der Waals surface area contributed by atoms with Crippen LogP contribution in [0.5, 0.6) is 0 Å². The Bertz CT molecular complexity index is 3800. The van der Waals surface area contributed by atoms with Crippen LogP contribution in [-0.4, -0.2) is 0 Å². The summed E-state index contributed by atoms with van der Waals surface area (Å²) in [4.78, 5) is 7.47. The quantitative estimate of drug-likeness (QED) is 0.166. The average Bonchev–Trinajstić information content (AvgIpc) is 3.99. The zero-order chi connectivity index (χ0) is 45.1. The fourth-order valence-electron chi connectivity index (χ4n) is 12.0. The van der Waals surface area contributed by atoms with Crippen LogP contribution in [0.1, 0.15) is 47.2 Å². The number of hydrogen-bond acceptors (Lipinski definition) is 4. The fraction of sp³-hybridized carbons (Fsp3) is 0.0625. The van der Waals surface area contributed by atoms with E-state index in [4.69, 9.17) is 4.42 Å². The standard InChI is InChI=1S/C64H44N2OS/c1-63(2)51-25-9-6-22-46(51)48-36-35-45(39-55(48)63)66(57-29-17-31-59-62(57)50-24-8-13-30-58(50)67-59)43-21-16-20-42(38-43)65(41-18-4-3-5-19-41)44-34-37-49-47-23-7-10-26-52(47)64(56(49)40-44)53-27-11-14-32-60(53)68-61-33-15-12-28-54(61)64/h3-40H,1-2H3. The molecule has 3 nitrogen and oxygen atoms in total. The van der Waals surface area contributed by atoms with Gasteiger partial charge in [-0.25, -0.2) is 0 Å². The Morgan fingerprint density at radius 1 is 0.353 bits per heavy atom. The Balaban J connectivity index is 0.993. The van der Waals surface area contributed by atoms with Gasteiger partial charge in [-0.15, -0.1) is 0 Å². The number of furan rings is 1. The van der Waals surface area contributed by atoms with Gasteiger partial charge in [0.05, 0.1) is 16.5 Å². The summed E-state index contributed by atoms with van der Waals surface area (Å²) < 4.78 is 6.56. The van der Waals surface area contributed by atoms with Gasteiger partial charge in [0.15, 0.2) is 0 Å². The molecular weight excluding hydrogens is 845 g/mol. The number of para-hydroxylation sites is 2. The fourth-order valence-corrected chi connectivity index (χ4v) is 13.2. The van der Waals surface area contributed by atoms with Crippen LogP contribution in [0.15, 0.2) is 245 Å². The van der Waals surface area contributed by atoms with Crippen LogP contribution in [-0.2, 0) is 10.8 Å². The van der Waals surface area contributed by atoms with Crippen molar-refractivity contribution in [2.75, 3.05) is 9.80 Å². The minimum Gasteiger partial charge on any atom is -0.456 e. The van der Waals surface area contributed by atoms with Crippen LogP contribution < -0.4 is 9.80 Å². The van der Waals surface area contributed by atoms with Crippen LogP contribution in [0.2, 0.25) is 0 Å². The SMILES string of the molecule is CC1(C)c2ccccc2-c2ccc(N(c3cccc(N(c4ccccc4)c4ccc5c(c4)C4(c6ccccc6Sc6ccccc64)c4ccccc4-5)c3)c3cccc4oc5ccccc5c34)cc21. The molecule has 1 spiro atoms. The number of benzene rings is 10. The van der Waals surface area contributed by atoms with Crippen molar-refractivity contribution in [3.05, 3.63) is 264 Å². The molecule has 11 aromatic rings. The molecule has 2 heterocycles. The molecule has 10 aromatic carbocycles. The first-order valence-electron chi connectivity index (χ1n) is 23.5. The Labute approximate surface area is 400 Å². The second-order valence-corrected chi connectivity index (χ2v) is 19.9. The van der Waals surface area contributed by atoms with E-state index in [1.807, 2.05) is 17.8 Å². The van der Waals surface area contributed by atoms with Crippen molar-refractivity contribution in [1.82, 2.24) is 0 Å². The first-order valence-corrected chi connectivity index (χ1v) is 24.3. The molecule has 0 unspecified atom stereocenters. The average molecular weight is 889 g/mol. The molecular formula is C64H44N2OS. The largest absolute Gasteiger partial charge is 0.456 e. The maximum absolute atomic E-state index is 6.56. The molecule has 0 amide bonds. The van der Waals surface area contributed by atoms with Crippen molar-refractivity contribution in [3.63, 3.8) is 0 Å². The molecule has 0 saturated heterocycles. The number of nitrogens with zero attached hydrogens (tertiary/aromatic N) is 2. The highest BCUT2D eigenvalue weighted by Gasteiger charge is 2.50. The number of anilines is 6. The van der Waals surface area contributed by atoms with Gasteiger partial charge in [0, 0.05) is 49.0 Å². The van der Waals surface area contributed by atoms with E-state index in [2.05, 4.69) is 248 Å². The number of rotatable bonds is 6. The molecule has 0 N–H and O–H groups in total. The molecule has 68 heavy (non-hydrogen) atoms. The summed E-state index contributed by atoms with van der Waals surface area (Å²) in [5, 5.41) is 2.18. The van der Waals surface area contributed by atoms with Crippen molar-refractivity contribution in [1.29, 1.82) is 0 Å². The summed E-state index contributed by atoms with van der Waals surface area (Å²) in [7, 11) is 0. The molecule has 0 saturated carbocycles. The van der Waals surface area contributed by atoms with Crippen LogP contribution in [0.25, 0.3) is 44.2 Å². The number of fused-ring (bicyclic) bond motifs is 15. The monoisotopic (exact) mass is 888 g/mol. The molecule has 4 heteroatoms. The summed E-state index contributed by atoms with van der Waals surface area (Å²) in [6.45, 7) is 4.72. The lowest BCUT2D eigenvalue weighted by Gasteiger charge is -2.40. The van der Waals surface area contributed by atoms with Gasteiger partial charge in [0.1, 0.15) is 11.2 Å². The molecule has 2 aliphatic carbocycles. The molecule has 3 aliphatic rings. The third kappa shape index (κ3) is 5.49. The van der Waals surface area contributed by atoms with E-state index in [1.54, 1.807) is 0 Å². The van der Waals surface area contributed by atoms with Gasteiger partial charge in [0.25, 0.3) is 0 Å². The minimum absolute atomic E-state index is 0.170. The molecule has 322 valence electrons. The van der Waals surface area contributed by atoms with Gasteiger partial charge >= 0.3 is 0 Å². The maximum atomic E-state index is 6.56. The van der Waals surface area contributed by atoms with E-state index >= 15 is 0 Å². The smallest absolute Gasteiger partial charge is 0.137 e. The molecule has 1 aliphatic heterocycles. The van der Waals surface area contributed by atoms with Crippen molar-refractivity contribution in [2.24, 2.45) is 0 Å². The molecule has 0 radical (unpaired) electrons. The van der Waals surface area contributed by atoms with Gasteiger partial charge in [-0.2, -0.15) is 0 Å². The van der Waals surface area contributed by atoms with Crippen LogP contribution in [0.3, 0.4) is 0 Å². The van der Waals surface area contributed by atoms with Crippen LogP contribution in [0, 0.1) is 0 Å². The van der Waals surface area contributed by atoms with E-state index in [-0.39, 0.29) is 5.41 Å². The Kier molecular flexibility index (Phi) is 8.48. The zero-order valence-corrected chi connectivity index (χ0v) is 38.5. The normalized spacial score (nSPS) is 14.2. The first kappa shape index (κ1) is 39.1. The van der Waals surface area contributed by atoms with Crippen molar-refractivity contribution >= 4 is 67.8 Å². The predicted octanol–water partition coefficient (Wildman–Crippen LogP) is 17.7. The summed E-state index contributed by atoms with van der Waals surface area (Å²) in [6, 6.07) is 85.0. The van der Waals surface area contributed by atoms with Crippen LogP contribution in [0.4, 0.5) is 34.1 Å². The summed E-state index contributed by atoms with van der Waals surface area (Å²) in [6.07, 6.45) is 0. The van der Waals surface area contributed by atoms with E-state index in [0.29, 0.717) is 0 Å². The first-order chi connectivity index (χ1) is 33.5. The van der Waals surface area contributed by atoms with Gasteiger partial charge in [-0.05, 0) is 141 Å². The summed E-state index contributed by atoms with van der Waals surface area (Å²) >= 11 is 1.88. The Morgan fingerprint density at radius 2 is 0.853 bits per heavy atom.